The molecule has 2 amide bonds. The summed E-state index contributed by atoms with van der Waals surface area (Å²) in [5.41, 5.74) is 2.73. The van der Waals surface area contributed by atoms with Crippen LogP contribution in [0.15, 0.2) is 116 Å². The van der Waals surface area contributed by atoms with E-state index in [-0.39, 0.29) is 43.8 Å². The van der Waals surface area contributed by atoms with Crippen LogP contribution in [0.2, 0.25) is 0 Å². The summed E-state index contributed by atoms with van der Waals surface area (Å²) in [7, 11) is 1.52. The highest BCUT2D eigenvalue weighted by Crippen LogP contribution is 2.27. The summed E-state index contributed by atoms with van der Waals surface area (Å²) in [6, 6.07) is 27.5. The van der Waals surface area contributed by atoms with E-state index in [4.69, 9.17) is 9.47 Å². The van der Waals surface area contributed by atoms with Crippen LogP contribution in [-0.2, 0) is 36.7 Å². The molecule has 0 aromatic heterocycles. The summed E-state index contributed by atoms with van der Waals surface area (Å²) in [6.07, 6.45) is 5.92. The molecule has 0 aliphatic heterocycles. The fourth-order valence-corrected chi connectivity index (χ4v) is 5.70. The van der Waals surface area contributed by atoms with Gasteiger partial charge in [0.1, 0.15) is 6.10 Å². The van der Waals surface area contributed by atoms with E-state index in [2.05, 4.69) is 23.8 Å². The lowest BCUT2D eigenvalue weighted by molar-refractivity contribution is -0.158. The monoisotopic (exact) mass is 654 g/mol. The molecule has 0 fully saturated rings. The number of amides is 2. The van der Waals surface area contributed by atoms with Gasteiger partial charge in [0.05, 0.1) is 37.1 Å². The molecule has 3 aromatic carbocycles. The van der Waals surface area contributed by atoms with Gasteiger partial charge < -0.3 is 25.2 Å². The van der Waals surface area contributed by atoms with E-state index < -0.39 is 30.0 Å². The van der Waals surface area contributed by atoms with Crippen LogP contribution in [-0.4, -0.2) is 55.3 Å². The van der Waals surface area contributed by atoms with E-state index in [1.165, 1.54) is 7.11 Å². The molecule has 0 heterocycles. The predicted molar refractivity (Wildman–Crippen MR) is 189 cm³/mol. The predicted octanol–water partition coefficient (Wildman–Crippen LogP) is 5.92. The van der Waals surface area contributed by atoms with Crippen molar-refractivity contribution in [2.45, 2.75) is 63.1 Å². The average molecular weight is 655 g/mol. The third-order valence-electron chi connectivity index (χ3n) is 8.19. The van der Waals surface area contributed by atoms with E-state index in [1.54, 1.807) is 6.08 Å². The number of nitrogens with one attached hydrogen (secondary N) is 2. The Morgan fingerprint density at radius 3 is 1.98 bits per heavy atom. The van der Waals surface area contributed by atoms with Gasteiger partial charge in [0, 0.05) is 13.5 Å². The molecule has 0 bridgehead atoms. The average Bonchev–Trinajstić information content (AvgIpc) is 3.10. The lowest BCUT2D eigenvalue weighted by Crippen LogP contribution is -2.47. The second-order valence-corrected chi connectivity index (χ2v) is 12.0. The van der Waals surface area contributed by atoms with Crippen LogP contribution in [0.1, 0.15) is 54.9 Å². The van der Waals surface area contributed by atoms with Crippen LogP contribution in [0.25, 0.3) is 0 Å². The smallest absolute Gasteiger partial charge is 0.309 e. The molecule has 48 heavy (non-hydrogen) atoms. The van der Waals surface area contributed by atoms with Crippen molar-refractivity contribution in [3.8, 4) is 0 Å². The normalized spacial score (nSPS) is 14.0. The van der Waals surface area contributed by atoms with Crippen LogP contribution < -0.4 is 10.6 Å². The van der Waals surface area contributed by atoms with Crippen molar-refractivity contribution in [1.82, 2.24) is 10.6 Å². The minimum Gasteiger partial charge on any atom is -0.455 e. The van der Waals surface area contributed by atoms with Gasteiger partial charge >= 0.3 is 5.97 Å². The second kappa shape index (κ2) is 21.4. The number of hydrogen-bond acceptors (Lipinski definition) is 6. The van der Waals surface area contributed by atoms with Gasteiger partial charge in [-0.1, -0.05) is 103 Å². The highest BCUT2D eigenvalue weighted by Gasteiger charge is 2.33. The van der Waals surface area contributed by atoms with Crippen molar-refractivity contribution in [3.63, 3.8) is 0 Å². The van der Waals surface area contributed by atoms with E-state index in [0.717, 1.165) is 24.0 Å². The summed E-state index contributed by atoms with van der Waals surface area (Å²) >= 11 is 0. The second-order valence-electron chi connectivity index (χ2n) is 12.0. The quantitative estimate of drug-likeness (QED) is 0.0705. The van der Waals surface area contributed by atoms with Crippen LogP contribution in [0.4, 0.5) is 0 Å². The summed E-state index contributed by atoms with van der Waals surface area (Å²) in [5.74, 6) is -2.24. The molecule has 5 atom stereocenters. The number of allylic oxidation sites excluding steroid dienone is 2. The molecule has 0 saturated heterocycles. The van der Waals surface area contributed by atoms with Crippen molar-refractivity contribution in [2.24, 2.45) is 11.8 Å². The van der Waals surface area contributed by atoms with Crippen molar-refractivity contribution in [2.75, 3.05) is 20.3 Å². The zero-order chi connectivity index (χ0) is 34.6. The lowest BCUT2D eigenvalue weighted by Gasteiger charge is -2.30. The number of carbonyl (C=O) groups is 3. The molecule has 0 spiro atoms. The Morgan fingerprint density at radius 2 is 1.42 bits per heavy atom. The van der Waals surface area contributed by atoms with Gasteiger partial charge in [-0.15, -0.1) is 13.2 Å². The van der Waals surface area contributed by atoms with Gasteiger partial charge in [0.25, 0.3) is 0 Å². The Bertz CT molecular complexity index is 1400. The lowest BCUT2D eigenvalue weighted by atomic mass is 9.93. The number of ether oxygens (including phenoxy) is 2. The minimum absolute atomic E-state index is 0.0645. The molecule has 3 aromatic rings. The SMILES string of the molecule is C=CCCC[C@H](Cc1ccccc1)C(=O)O[C@@H](c1ccccc1)[C@H](COC)NC(=O)[C@@H](CC=C)CC(=O)N[C@H](CO)Cc1ccccc1. The Balaban J connectivity index is 1.78. The van der Waals surface area contributed by atoms with E-state index in [0.29, 0.717) is 24.8 Å². The van der Waals surface area contributed by atoms with Gasteiger partial charge in [0.15, 0.2) is 0 Å². The van der Waals surface area contributed by atoms with Crippen molar-refractivity contribution in [3.05, 3.63) is 133 Å². The number of esters is 1. The van der Waals surface area contributed by atoms with Crippen molar-refractivity contribution in [1.29, 1.82) is 0 Å². The Labute approximate surface area is 285 Å². The Hall–Kier alpha value is -4.53. The number of unbranched alkanes of at least 4 members (excludes halogenated alkanes) is 1. The number of benzene rings is 3. The number of methoxy groups -OCH3 is 1. The number of aliphatic hydroxyl groups is 1. The number of hydrogen-bond donors (Lipinski definition) is 3. The molecule has 3 rings (SSSR count). The molecule has 8 nitrogen and oxygen atoms in total. The molecule has 8 heteroatoms. The van der Waals surface area contributed by atoms with E-state index in [9.17, 15) is 19.5 Å². The largest absolute Gasteiger partial charge is 0.455 e. The molecule has 256 valence electrons. The van der Waals surface area contributed by atoms with Gasteiger partial charge in [-0.2, -0.15) is 0 Å². The van der Waals surface area contributed by atoms with Crippen LogP contribution in [0.3, 0.4) is 0 Å². The first-order chi connectivity index (χ1) is 23.4. The Morgan fingerprint density at radius 1 is 0.812 bits per heavy atom. The summed E-state index contributed by atoms with van der Waals surface area (Å²) in [5, 5.41) is 15.8. The van der Waals surface area contributed by atoms with Gasteiger partial charge in [-0.3, -0.25) is 14.4 Å². The molecular formula is C40H50N2O6. The molecule has 0 radical (unpaired) electrons. The number of carbonyl (C=O) groups excluding carboxylic acids is 3. The fraction of sp³-hybridized carbons (Fsp3) is 0.375. The number of aliphatic hydroxyl groups excluding tert-OH is 1. The minimum atomic E-state index is -0.844. The van der Waals surface area contributed by atoms with E-state index >= 15 is 0 Å². The molecule has 0 saturated carbocycles. The standard InChI is InChI=1S/C40H50N2O6/c1-4-6-10-24-34(25-30-18-11-7-12-19-30)40(46)48-38(32-22-15-9-16-23-32)36(29-47-3)42-39(45)33(17-5-2)27-37(44)41-35(28-43)26-31-20-13-8-14-21-31/h4-5,7-9,11-16,18-23,33-36,38,43H,1-2,6,10,17,24-29H2,3H3,(H,41,44)(H,42,45)/t33-,34+,35-,36-,38-/m0/s1. The highest BCUT2D eigenvalue weighted by atomic mass is 16.5. The topological polar surface area (TPSA) is 114 Å². The molecular weight excluding hydrogens is 604 g/mol. The van der Waals surface area contributed by atoms with Crippen LogP contribution >= 0.6 is 0 Å². The molecule has 0 unspecified atom stereocenters. The maximum atomic E-state index is 13.9. The van der Waals surface area contributed by atoms with Gasteiger partial charge in [0.2, 0.25) is 11.8 Å². The van der Waals surface area contributed by atoms with Crippen molar-refractivity contribution < 1.29 is 29.0 Å². The fourth-order valence-electron chi connectivity index (χ4n) is 5.70. The molecule has 3 N–H and O–H groups in total. The zero-order valence-corrected chi connectivity index (χ0v) is 28.0. The highest BCUT2D eigenvalue weighted by molar-refractivity contribution is 5.86. The third-order valence-corrected chi connectivity index (χ3v) is 8.19. The van der Waals surface area contributed by atoms with Crippen molar-refractivity contribution >= 4 is 17.8 Å². The Kier molecular flexibility index (Phi) is 16.9. The van der Waals surface area contributed by atoms with E-state index in [1.807, 2.05) is 97.1 Å². The van der Waals surface area contributed by atoms with Gasteiger partial charge in [-0.05, 0) is 55.2 Å². The first-order valence-corrected chi connectivity index (χ1v) is 16.6. The maximum Gasteiger partial charge on any atom is 0.309 e. The van der Waals surface area contributed by atoms with Gasteiger partial charge in [-0.25, -0.2) is 0 Å². The third kappa shape index (κ3) is 12.9. The molecule has 0 aliphatic rings. The zero-order valence-electron chi connectivity index (χ0n) is 28.0. The summed E-state index contributed by atoms with van der Waals surface area (Å²) < 4.78 is 11.8. The first-order valence-electron chi connectivity index (χ1n) is 16.6. The maximum absolute atomic E-state index is 13.9. The number of rotatable bonds is 22. The summed E-state index contributed by atoms with van der Waals surface area (Å²) in [6.45, 7) is 7.43. The molecule has 0 aliphatic carbocycles. The van der Waals surface area contributed by atoms with Crippen LogP contribution in [0.5, 0.6) is 0 Å². The summed E-state index contributed by atoms with van der Waals surface area (Å²) in [4.78, 5) is 40.8. The van der Waals surface area contributed by atoms with Crippen LogP contribution in [0, 0.1) is 11.8 Å². The first kappa shape index (κ1) is 37.9.